The lowest BCUT2D eigenvalue weighted by molar-refractivity contribution is -0.142. The number of nitrogens with two attached hydrogens (primary N) is 1. The van der Waals surface area contributed by atoms with Crippen LogP contribution in [0.15, 0.2) is 22.7 Å². The molecule has 2 rings (SSSR count). The fraction of sp³-hybridized carbons (Fsp3) is 0.462. The molecule has 1 aliphatic rings. The highest BCUT2D eigenvalue weighted by atomic mass is 79.9. The van der Waals surface area contributed by atoms with Crippen LogP contribution in [0.25, 0.3) is 0 Å². The molecule has 0 aromatic heterocycles. The van der Waals surface area contributed by atoms with Crippen molar-refractivity contribution in [1.82, 2.24) is 4.90 Å². The highest BCUT2D eigenvalue weighted by molar-refractivity contribution is 9.10. The molecule has 0 aliphatic carbocycles. The van der Waals surface area contributed by atoms with Gasteiger partial charge in [0.1, 0.15) is 5.82 Å². The number of likely N-dealkylation sites (tertiary alicyclic amines) is 1. The molecule has 1 amide bonds. The van der Waals surface area contributed by atoms with Crippen molar-refractivity contribution in [2.24, 2.45) is 5.73 Å². The third kappa shape index (κ3) is 3.32. The van der Waals surface area contributed by atoms with Crippen molar-refractivity contribution >= 4 is 21.8 Å². The standard InChI is InChI=1S/C13H16BrFN2O2/c14-10-3-2-9(6-11(10)15)7-17-5-1-4-13(19,8-17)12(16)18/h2-3,6,19H,1,4-5,7-8H2,(H2,16,18). The molecule has 104 valence electrons. The predicted octanol–water partition coefficient (Wildman–Crippen LogP) is 1.40. The molecule has 1 saturated heterocycles. The van der Waals surface area contributed by atoms with Gasteiger partial charge in [-0.25, -0.2) is 4.39 Å². The van der Waals surface area contributed by atoms with Gasteiger partial charge < -0.3 is 10.8 Å². The zero-order valence-electron chi connectivity index (χ0n) is 10.4. The average molecular weight is 331 g/mol. The van der Waals surface area contributed by atoms with Crippen molar-refractivity contribution in [3.63, 3.8) is 0 Å². The number of benzene rings is 1. The number of halogens is 2. The molecule has 1 aromatic rings. The molecule has 0 spiro atoms. The van der Waals surface area contributed by atoms with Crippen molar-refractivity contribution in [3.8, 4) is 0 Å². The van der Waals surface area contributed by atoms with Gasteiger partial charge in [-0.15, -0.1) is 0 Å². The Hall–Kier alpha value is -0.980. The maximum absolute atomic E-state index is 13.4. The molecular formula is C13H16BrFN2O2. The number of hydrogen-bond acceptors (Lipinski definition) is 3. The quantitative estimate of drug-likeness (QED) is 0.880. The molecule has 1 heterocycles. The van der Waals surface area contributed by atoms with E-state index in [9.17, 15) is 14.3 Å². The summed E-state index contributed by atoms with van der Waals surface area (Å²) in [5, 5.41) is 10.1. The number of nitrogens with zero attached hydrogens (tertiary/aromatic N) is 1. The number of piperidine rings is 1. The Morgan fingerprint density at radius 3 is 2.95 bits per heavy atom. The summed E-state index contributed by atoms with van der Waals surface area (Å²) in [7, 11) is 0. The largest absolute Gasteiger partial charge is 0.379 e. The normalized spacial score (nSPS) is 24.4. The first kappa shape index (κ1) is 14.4. The highest BCUT2D eigenvalue weighted by Gasteiger charge is 2.38. The van der Waals surface area contributed by atoms with E-state index in [4.69, 9.17) is 5.73 Å². The van der Waals surface area contributed by atoms with Crippen LogP contribution in [-0.4, -0.2) is 34.6 Å². The number of aliphatic hydroxyl groups is 1. The topological polar surface area (TPSA) is 66.6 Å². The lowest BCUT2D eigenvalue weighted by Gasteiger charge is -2.37. The van der Waals surface area contributed by atoms with Gasteiger partial charge in [0.15, 0.2) is 5.60 Å². The molecule has 0 saturated carbocycles. The number of amides is 1. The smallest absolute Gasteiger partial charge is 0.250 e. The number of primary amides is 1. The summed E-state index contributed by atoms with van der Waals surface area (Å²) in [5.74, 6) is -1.01. The Kier molecular flexibility index (Phi) is 4.23. The van der Waals surface area contributed by atoms with Crippen molar-refractivity contribution in [2.45, 2.75) is 25.0 Å². The Morgan fingerprint density at radius 1 is 1.58 bits per heavy atom. The molecule has 1 atom stereocenters. The summed E-state index contributed by atoms with van der Waals surface area (Å²) in [6.07, 6.45) is 1.08. The number of rotatable bonds is 3. The van der Waals surface area contributed by atoms with Crippen LogP contribution in [0, 0.1) is 5.82 Å². The summed E-state index contributed by atoms with van der Waals surface area (Å²) >= 11 is 3.10. The Morgan fingerprint density at radius 2 is 2.32 bits per heavy atom. The van der Waals surface area contributed by atoms with Crippen molar-refractivity contribution in [3.05, 3.63) is 34.1 Å². The molecule has 4 nitrogen and oxygen atoms in total. The minimum absolute atomic E-state index is 0.194. The zero-order chi connectivity index (χ0) is 14.0. The van der Waals surface area contributed by atoms with Crippen molar-refractivity contribution in [2.75, 3.05) is 13.1 Å². The second kappa shape index (κ2) is 5.56. The molecular weight excluding hydrogens is 315 g/mol. The van der Waals surface area contributed by atoms with Crippen molar-refractivity contribution in [1.29, 1.82) is 0 Å². The van der Waals surface area contributed by atoms with Gasteiger partial charge in [-0.2, -0.15) is 0 Å². The minimum Gasteiger partial charge on any atom is -0.379 e. The molecule has 0 bridgehead atoms. The van der Waals surface area contributed by atoms with E-state index in [1.807, 2.05) is 11.0 Å². The van der Waals surface area contributed by atoms with Crippen LogP contribution in [-0.2, 0) is 11.3 Å². The molecule has 1 unspecified atom stereocenters. The fourth-order valence-corrected chi connectivity index (χ4v) is 2.60. The maximum Gasteiger partial charge on any atom is 0.250 e. The number of carbonyl (C=O) groups is 1. The van der Waals surface area contributed by atoms with Gasteiger partial charge in [-0.05, 0) is 53.0 Å². The molecule has 6 heteroatoms. The Bertz CT molecular complexity index is 498. The molecule has 1 aliphatic heterocycles. The lowest BCUT2D eigenvalue weighted by atomic mass is 9.92. The van der Waals surface area contributed by atoms with Gasteiger partial charge in [-0.3, -0.25) is 9.69 Å². The first-order chi connectivity index (χ1) is 8.90. The summed E-state index contributed by atoms with van der Waals surface area (Å²) in [6.45, 7) is 1.44. The molecule has 1 aromatic carbocycles. The van der Waals surface area contributed by atoms with E-state index in [-0.39, 0.29) is 12.4 Å². The van der Waals surface area contributed by atoms with E-state index in [1.165, 1.54) is 6.07 Å². The molecule has 3 N–H and O–H groups in total. The number of carbonyl (C=O) groups excluding carboxylic acids is 1. The van der Waals surface area contributed by atoms with Crippen LogP contribution >= 0.6 is 15.9 Å². The van der Waals surface area contributed by atoms with E-state index in [1.54, 1.807) is 6.07 Å². The SMILES string of the molecule is NC(=O)C1(O)CCCN(Cc2ccc(Br)c(F)c2)C1. The Balaban J connectivity index is 2.06. The third-order valence-electron chi connectivity index (χ3n) is 3.40. The van der Waals surface area contributed by atoms with E-state index in [0.29, 0.717) is 23.9 Å². The molecule has 0 radical (unpaired) electrons. The van der Waals surface area contributed by atoms with Gasteiger partial charge in [-0.1, -0.05) is 6.07 Å². The van der Waals surface area contributed by atoms with Gasteiger partial charge in [0.05, 0.1) is 4.47 Å². The van der Waals surface area contributed by atoms with Crippen LogP contribution in [0.1, 0.15) is 18.4 Å². The van der Waals surface area contributed by atoms with Gasteiger partial charge in [0.25, 0.3) is 5.91 Å². The van der Waals surface area contributed by atoms with E-state index in [2.05, 4.69) is 15.9 Å². The second-order valence-electron chi connectivity index (χ2n) is 4.96. The van der Waals surface area contributed by atoms with Crippen LogP contribution in [0.3, 0.4) is 0 Å². The zero-order valence-corrected chi connectivity index (χ0v) is 12.0. The summed E-state index contributed by atoms with van der Waals surface area (Å²) in [6, 6.07) is 4.90. The Labute approximate surface area is 119 Å². The average Bonchev–Trinajstić information content (AvgIpc) is 2.34. The first-order valence-electron chi connectivity index (χ1n) is 6.09. The predicted molar refractivity (Wildman–Crippen MR) is 72.8 cm³/mol. The number of hydrogen-bond donors (Lipinski definition) is 2. The maximum atomic E-state index is 13.4. The van der Waals surface area contributed by atoms with Crippen LogP contribution in [0.5, 0.6) is 0 Å². The van der Waals surface area contributed by atoms with Crippen LogP contribution < -0.4 is 5.73 Å². The molecule has 19 heavy (non-hydrogen) atoms. The van der Waals surface area contributed by atoms with Gasteiger partial charge in [0.2, 0.25) is 0 Å². The van der Waals surface area contributed by atoms with E-state index < -0.39 is 11.5 Å². The van der Waals surface area contributed by atoms with E-state index >= 15 is 0 Å². The van der Waals surface area contributed by atoms with Gasteiger partial charge in [0, 0.05) is 13.1 Å². The second-order valence-corrected chi connectivity index (χ2v) is 5.81. The first-order valence-corrected chi connectivity index (χ1v) is 6.88. The summed E-state index contributed by atoms with van der Waals surface area (Å²) < 4.78 is 13.8. The third-order valence-corrected chi connectivity index (χ3v) is 4.04. The van der Waals surface area contributed by atoms with Gasteiger partial charge >= 0.3 is 0 Å². The summed E-state index contributed by atoms with van der Waals surface area (Å²) in [4.78, 5) is 13.2. The van der Waals surface area contributed by atoms with Crippen LogP contribution in [0.4, 0.5) is 4.39 Å². The summed E-state index contributed by atoms with van der Waals surface area (Å²) in [5.41, 5.74) is 4.55. The lowest BCUT2D eigenvalue weighted by Crippen LogP contribution is -2.55. The van der Waals surface area contributed by atoms with Crippen LogP contribution in [0.2, 0.25) is 0 Å². The van der Waals surface area contributed by atoms with E-state index in [0.717, 1.165) is 12.1 Å². The highest BCUT2D eigenvalue weighted by Crippen LogP contribution is 2.23. The monoisotopic (exact) mass is 330 g/mol. The minimum atomic E-state index is -1.47. The van der Waals surface area contributed by atoms with Crippen molar-refractivity contribution < 1.29 is 14.3 Å². The molecule has 1 fully saturated rings. The fourth-order valence-electron chi connectivity index (χ4n) is 2.36. The number of β-amino-alcohol motifs (C(OH)–C–C–N with tert-alkyl or cyclic N) is 1.